The summed E-state index contributed by atoms with van der Waals surface area (Å²) < 4.78 is 0. The number of likely N-dealkylation sites (N-methyl/N-ethyl adjacent to an activating group) is 1. The van der Waals surface area contributed by atoms with Crippen molar-refractivity contribution in [2.45, 2.75) is 6.92 Å². The van der Waals surface area contributed by atoms with E-state index in [1.807, 2.05) is 59.5 Å². The van der Waals surface area contributed by atoms with Crippen LogP contribution in [0.2, 0.25) is 0 Å². The highest BCUT2D eigenvalue weighted by Gasteiger charge is 2.21. The van der Waals surface area contributed by atoms with E-state index in [9.17, 15) is 9.59 Å². The number of piperazine rings is 1. The summed E-state index contributed by atoms with van der Waals surface area (Å²) in [5.41, 5.74) is 3.41. The highest BCUT2D eigenvalue weighted by molar-refractivity contribution is 6.03. The Kier molecular flexibility index (Phi) is 6.04. The molecular formula is C24H29N5O2. The molecule has 2 aromatic carbocycles. The highest BCUT2D eigenvalue weighted by Crippen LogP contribution is 2.21. The number of benzene rings is 2. The first-order chi connectivity index (χ1) is 15.0. The van der Waals surface area contributed by atoms with Crippen LogP contribution in [0.1, 0.15) is 29.4 Å². The first kappa shape index (κ1) is 20.7. The summed E-state index contributed by atoms with van der Waals surface area (Å²) in [7, 11) is 2.06. The van der Waals surface area contributed by atoms with Gasteiger partial charge in [0.05, 0.1) is 17.6 Å². The van der Waals surface area contributed by atoms with Gasteiger partial charge in [-0.1, -0.05) is 30.3 Å². The van der Waals surface area contributed by atoms with Crippen molar-refractivity contribution in [3.63, 3.8) is 0 Å². The Morgan fingerprint density at radius 2 is 1.74 bits per heavy atom. The fraction of sp³-hybridized carbons (Fsp3) is 0.250. The van der Waals surface area contributed by atoms with Gasteiger partial charge in [-0.05, 0) is 38.2 Å². The first-order valence-electron chi connectivity index (χ1n) is 10.3. The Bertz CT molecular complexity index is 1100. The Hall–Kier alpha value is -3.58. The maximum absolute atomic E-state index is 12.9. The van der Waals surface area contributed by atoms with Gasteiger partial charge >= 0.3 is 0 Å². The lowest BCUT2D eigenvalue weighted by Crippen LogP contribution is -2.47. The van der Waals surface area contributed by atoms with Gasteiger partial charge in [0.25, 0.3) is 11.8 Å². The predicted molar refractivity (Wildman–Crippen MR) is 124 cm³/mol. The molecule has 0 saturated carbocycles. The van der Waals surface area contributed by atoms with Gasteiger partial charge in [0.1, 0.15) is 5.69 Å². The zero-order valence-corrected chi connectivity index (χ0v) is 17.7. The van der Waals surface area contributed by atoms with Crippen molar-refractivity contribution in [3.8, 4) is 11.3 Å². The van der Waals surface area contributed by atoms with Crippen molar-refractivity contribution in [1.82, 2.24) is 19.8 Å². The van der Waals surface area contributed by atoms with E-state index in [0.717, 1.165) is 18.7 Å². The lowest BCUT2D eigenvalue weighted by Gasteiger charge is -2.32. The van der Waals surface area contributed by atoms with E-state index in [1.54, 1.807) is 13.1 Å². The van der Waals surface area contributed by atoms with Gasteiger partial charge in [0, 0.05) is 45.8 Å². The number of para-hydroxylation sites is 1. The van der Waals surface area contributed by atoms with Gasteiger partial charge in [-0.2, -0.15) is 0 Å². The number of nitrogens with zero attached hydrogens (tertiary/aromatic N) is 4. The summed E-state index contributed by atoms with van der Waals surface area (Å²) in [5, 5.41) is 2.85. The number of rotatable bonds is 4. The summed E-state index contributed by atoms with van der Waals surface area (Å²) in [6.45, 7) is 4.93. The second-order valence-corrected chi connectivity index (χ2v) is 7.69. The molecule has 2 amide bonds. The highest BCUT2D eigenvalue weighted by atomic mass is 16.2. The van der Waals surface area contributed by atoms with Crippen LogP contribution >= 0.6 is 0 Å². The molecule has 3 aromatic rings. The molecule has 0 radical (unpaired) electrons. The minimum Gasteiger partial charge on any atom is -0.336 e. The first-order valence-corrected chi connectivity index (χ1v) is 10.3. The second kappa shape index (κ2) is 9.06. The molecule has 1 aromatic heterocycles. The van der Waals surface area contributed by atoms with Gasteiger partial charge < -0.3 is 15.1 Å². The summed E-state index contributed by atoms with van der Waals surface area (Å²) in [4.78, 5) is 38.7. The Labute approximate surface area is 184 Å². The maximum atomic E-state index is 12.9. The van der Waals surface area contributed by atoms with Crippen LogP contribution in [-0.2, 0) is 0 Å². The third kappa shape index (κ3) is 4.78. The molecule has 0 unspecified atom stereocenters. The molecule has 162 valence electrons. The number of nitrogens with one attached hydrogen (secondary N) is 1. The summed E-state index contributed by atoms with van der Waals surface area (Å²) in [6.07, 6.45) is 1.63. The summed E-state index contributed by atoms with van der Waals surface area (Å²) in [5.74, 6) is -0.306. The molecule has 7 heteroatoms. The van der Waals surface area contributed by atoms with Gasteiger partial charge in [0.2, 0.25) is 0 Å². The van der Waals surface area contributed by atoms with Crippen molar-refractivity contribution >= 4 is 17.5 Å². The van der Waals surface area contributed by atoms with E-state index >= 15 is 0 Å². The van der Waals surface area contributed by atoms with Crippen LogP contribution in [0, 0.1) is 6.92 Å². The molecule has 0 bridgehead atoms. The Balaban J connectivity index is 0.00000193. The Morgan fingerprint density at radius 1 is 1.00 bits per heavy atom. The molecule has 1 fully saturated rings. The number of anilines is 1. The van der Waals surface area contributed by atoms with E-state index in [0.29, 0.717) is 35.7 Å². The van der Waals surface area contributed by atoms with Crippen molar-refractivity contribution in [2.75, 3.05) is 38.5 Å². The molecule has 31 heavy (non-hydrogen) atoms. The summed E-state index contributed by atoms with van der Waals surface area (Å²) in [6, 6.07) is 16.6. The monoisotopic (exact) mass is 419 g/mol. The lowest BCUT2D eigenvalue weighted by atomic mass is 10.1. The van der Waals surface area contributed by atoms with Gasteiger partial charge in [0.15, 0.2) is 0 Å². The number of hydrogen-bond donors (Lipinski definition) is 1. The molecule has 1 N–H and O–H groups in total. The second-order valence-electron chi connectivity index (χ2n) is 7.69. The van der Waals surface area contributed by atoms with Gasteiger partial charge in [-0.15, -0.1) is 0 Å². The minimum absolute atomic E-state index is 0. The fourth-order valence-corrected chi connectivity index (χ4v) is 3.52. The number of carbonyl (C=O) groups excluding carboxylic acids is 2. The van der Waals surface area contributed by atoms with E-state index in [2.05, 4.69) is 27.2 Å². The van der Waals surface area contributed by atoms with Crippen LogP contribution in [0.5, 0.6) is 0 Å². The van der Waals surface area contributed by atoms with Crippen LogP contribution in [0.4, 0.5) is 5.69 Å². The molecule has 1 aliphatic heterocycles. The molecule has 0 aliphatic carbocycles. The van der Waals surface area contributed by atoms with E-state index < -0.39 is 0 Å². The van der Waals surface area contributed by atoms with Crippen LogP contribution < -0.4 is 5.32 Å². The molecular weight excluding hydrogens is 390 g/mol. The molecule has 0 spiro atoms. The van der Waals surface area contributed by atoms with Crippen molar-refractivity contribution in [1.29, 1.82) is 0 Å². The third-order valence-electron chi connectivity index (χ3n) is 5.40. The molecule has 7 nitrogen and oxygen atoms in total. The van der Waals surface area contributed by atoms with Crippen LogP contribution in [0.25, 0.3) is 11.3 Å². The largest absolute Gasteiger partial charge is 0.336 e. The van der Waals surface area contributed by atoms with Gasteiger partial charge in [-0.3, -0.25) is 14.6 Å². The van der Waals surface area contributed by atoms with E-state index in [1.165, 1.54) is 0 Å². The van der Waals surface area contributed by atoms with Crippen molar-refractivity contribution in [2.24, 2.45) is 0 Å². The SMILES string of the molecule is Cc1ncc(-c2cccc(C(=O)N3CCN(C)CC3)c2)nc1C(=O)Nc1ccccc1.[HH].[HH]. The number of aromatic nitrogens is 2. The lowest BCUT2D eigenvalue weighted by molar-refractivity contribution is 0.0664. The number of aryl methyl sites for hydroxylation is 1. The van der Waals surface area contributed by atoms with Crippen LogP contribution in [0.3, 0.4) is 0 Å². The van der Waals surface area contributed by atoms with Crippen molar-refractivity contribution < 1.29 is 12.4 Å². The van der Waals surface area contributed by atoms with E-state index in [-0.39, 0.29) is 20.4 Å². The maximum Gasteiger partial charge on any atom is 0.276 e. The van der Waals surface area contributed by atoms with Crippen LogP contribution in [0.15, 0.2) is 60.8 Å². The number of hydrogen-bond acceptors (Lipinski definition) is 5. The third-order valence-corrected chi connectivity index (χ3v) is 5.40. The van der Waals surface area contributed by atoms with Crippen LogP contribution in [-0.4, -0.2) is 64.8 Å². The minimum atomic E-state index is -0.317. The average molecular weight is 420 g/mol. The molecule has 1 saturated heterocycles. The zero-order chi connectivity index (χ0) is 21.8. The number of carbonyl (C=O) groups is 2. The zero-order valence-electron chi connectivity index (χ0n) is 17.7. The molecule has 0 atom stereocenters. The molecule has 1 aliphatic rings. The molecule has 2 heterocycles. The normalized spacial score (nSPS) is 14.3. The average Bonchev–Trinajstić information content (AvgIpc) is 2.80. The van der Waals surface area contributed by atoms with Crippen molar-refractivity contribution in [3.05, 3.63) is 77.7 Å². The topological polar surface area (TPSA) is 78.4 Å². The summed E-state index contributed by atoms with van der Waals surface area (Å²) >= 11 is 0. The fourth-order valence-electron chi connectivity index (χ4n) is 3.52. The molecule has 4 rings (SSSR count). The van der Waals surface area contributed by atoms with E-state index in [4.69, 9.17) is 0 Å². The standard InChI is InChI=1S/C24H25N5O2.2H2/c1-17-22(23(30)26-20-9-4-3-5-10-20)27-21(16-25-17)18-7-6-8-19(15-18)24(31)29-13-11-28(2)12-14-29;;/h3-10,15-16H,11-14H2,1-2H3,(H,26,30);2*1H. The predicted octanol–water partition coefficient (Wildman–Crippen LogP) is 3.58. The van der Waals surface area contributed by atoms with Gasteiger partial charge in [-0.25, -0.2) is 4.98 Å². The number of amides is 2. The Morgan fingerprint density at radius 3 is 2.48 bits per heavy atom. The quantitative estimate of drug-likeness (QED) is 0.699. The smallest absolute Gasteiger partial charge is 0.276 e.